The van der Waals surface area contributed by atoms with E-state index in [4.69, 9.17) is 11.6 Å². The highest BCUT2D eigenvalue weighted by atomic mass is 35.5. The summed E-state index contributed by atoms with van der Waals surface area (Å²) in [5.74, 6) is -1.04. The van der Waals surface area contributed by atoms with Crippen LogP contribution in [0, 0.1) is 11.6 Å². The van der Waals surface area contributed by atoms with E-state index in [0.717, 1.165) is 28.4 Å². The molecule has 0 aliphatic heterocycles. The molecule has 1 heterocycles. The fourth-order valence-electron chi connectivity index (χ4n) is 1.66. The largest absolute Gasteiger partial charge is 0.329 e. The minimum Gasteiger partial charge on any atom is -0.329 e. The molecule has 2 aromatic carbocycles. The Bertz CT molecular complexity index is 757. The number of rotatable bonds is 2. The zero-order chi connectivity index (χ0) is 13.4. The first-order valence-electron chi connectivity index (χ1n) is 5.40. The lowest BCUT2D eigenvalue weighted by Gasteiger charge is -2.03. The average Bonchev–Trinajstić information content (AvgIpc) is 2.75. The molecule has 6 heteroatoms. The third-order valence-electron chi connectivity index (χ3n) is 2.52. The Kier molecular flexibility index (Phi) is 3.08. The van der Waals surface area contributed by atoms with Gasteiger partial charge in [0.2, 0.25) is 0 Å². The number of halogens is 3. The maximum atomic E-state index is 13.5. The highest BCUT2D eigenvalue weighted by molar-refractivity contribution is 7.22. The van der Waals surface area contributed by atoms with Gasteiger partial charge < -0.3 is 5.32 Å². The molecule has 96 valence electrons. The van der Waals surface area contributed by atoms with Crippen LogP contribution in [0.4, 0.5) is 19.6 Å². The predicted octanol–water partition coefficient (Wildman–Crippen LogP) is 4.97. The summed E-state index contributed by atoms with van der Waals surface area (Å²) in [5.41, 5.74) is 0.780. The SMILES string of the molecule is Fc1ccc(F)c(Nc2nc3cc(Cl)ccc3s2)c1. The van der Waals surface area contributed by atoms with E-state index < -0.39 is 11.6 Å². The van der Waals surface area contributed by atoms with Gasteiger partial charge in [-0.15, -0.1) is 0 Å². The Labute approximate surface area is 116 Å². The molecule has 0 unspecified atom stereocenters. The van der Waals surface area contributed by atoms with Crippen LogP contribution >= 0.6 is 22.9 Å². The number of nitrogens with zero attached hydrogens (tertiary/aromatic N) is 1. The molecule has 0 saturated carbocycles. The van der Waals surface area contributed by atoms with Crippen molar-refractivity contribution in [3.8, 4) is 0 Å². The number of aromatic nitrogens is 1. The molecule has 0 fully saturated rings. The average molecular weight is 297 g/mol. The molecule has 0 aliphatic carbocycles. The van der Waals surface area contributed by atoms with Crippen LogP contribution in [-0.4, -0.2) is 4.98 Å². The maximum absolute atomic E-state index is 13.5. The molecule has 0 bridgehead atoms. The van der Waals surface area contributed by atoms with Crippen molar-refractivity contribution < 1.29 is 8.78 Å². The lowest BCUT2D eigenvalue weighted by molar-refractivity contribution is 0.603. The first kappa shape index (κ1) is 12.3. The quantitative estimate of drug-likeness (QED) is 0.722. The summed E-state index contributed by atoms with van der Waals surface area (Å²) in [5, 5.41) is 3.84. The molecule has 1 N–H and O–H groups in total. The molecule has 0 amide bonds. The van der Waals surface area contributed by atoms with Gasteiger partial charge in [0.05, 0.1) is 15.9 Å². The van der Waals surface area contributed by atoms with Crippen molar-refractivity contribution in [2.24, 2.45) is 0 Å². The van der Waals surface area contributed by atoms with Gasteiger partial charge in [0.25, 0.3) is 0 Å². The summed E-state index contributed by atoms with van der Waals surface area (Å²) >= 11 is 7.21. The van der Waals surface area contributed by atoms with Crippen LogP contribution < -0.4 is 5.32 Å². The number of fused-ring (bicyclic) bond motifs is 1. The van der Waals surface area contributed by atoms with Crippen molar-refractivity contribution in [1.82, 2.24) is 4.98 Å². The zero-order valence-electron chi connectivity index (χ0n) is 9.45. The van der Waals surface area contributed by atoms with E-state index in [9.17, 15) is 8.78 Å². The van der Waals surface area contributed by atoms with Crippen LogP contribution in [-0.2, 0) is 0 Å². The van der Waals surface area contributed by atoms with Gasteiger partial charge in [-0.3, -0.25) is 0 Å². The fraction of sp³-hybridized carbons (Fsp3) is 0. The molecule has 0 radical (unpaired) electrons. The van der Waals surface area contributed by atoms with Crippen LogP contribution in [0.25, 0.3) is 10.2 Å². The lowest BCUT2D eigenvalue weighted by atomic mass is 10.3. The van der Waals surface area contributed by atoms with E-state index in [1.165, 1.54) is 11.3 Å². The molecule has 0 spiro atoms. The van der Waals surface area contributed by atoms with Gasteiger partial charge in [0.15, 0.2) is 5.13 Å². The van der Waals surface area contributed by atoms with Crippen LogP contribution in [0.3, 0.4) is 0 Å². The molecular weight excluding hydrogens is 290 g/mol. The summed E-state index contributed by atoms with van der Waals surface area (Å²) in [6.45, 7) is 0. The van der Waals surface area contributed by atoms with Gasteiger partial charge >= 0.3 is 0 Å². The van der Waals surface area contributed by atoms with Gasteiger partial charge in [0, 0.05) is 11.1 Å². The van der Waals surface area contributed by atoms with Crippen molar-refractivity contribution in [3.63, 3.8) is 0 Å². The molecule has 3 aromatic rings. The summed E-state index contributed by atoms with van der Waals surface area (Å²) in [4.78, 5) is 4.27. The molecule has 2 nitrogen and oxygen atoms in total. The van der Waals surface area contributed by atoms with Crippen molar-refractivity contribution in [2.45, 2.75) is 0 Å². The smallest absolute Gasteiger partial charge is 0.188 e. The molecule has 1 aromatic heterocycles. The van der Waals surface area contributed by atoms with E-state index >= 15 is 0 Å². The number of hydrogen-bond acceptors (Lipinski definition) is 3. The highest BCUT2D eigenvalue weighted by Gasteiger charge is 2.08. The number of hydrogen-bond donors (Lipinski definition) is 1. The van der Waals surface area contributed by atoms with E-state index in [0.29, 0.717) is 10.2 Å². The predicted molar refractivity (Wildman–Crippen MR) is 74.3 cm³/mol. The van der Waals surface area contributed by atoms with Crippen LogP contribution in [0.2, 0.25) is 5.02 Å². The fourth-order valence-corrected chi connectivity index (χ4v) is 2.69. The molecule has 0 atom stereocenters. The second-order valence-corrected chi connectivity index (χ2v) is 5.35. The van der Waals surface area contributed by atoms with Gasteiger partial charge in [0.1, 0.15) is 11.6 Å². The van der Waals surface area contributed by atoms with Gasteiger partial charge in [-0.25, -0.2) is 13.8 Å². The van der Waals surface area contributed by atoms with Gasteiger partial charge in [-0.2, -0.15) is 0 Å². The molecule has 0 aliphatic rings. The Morgan fingerprint density at radius 2 is 1.95 bits per heavy atom. The lowest BCUT2D eigenvalue weighted by Crippen LogP contribution is -1.93. The normalized spacial score (nSPS) is 10.9. The molecule has 3 rings (SSSR count). The van der Waals surface area contributed by atoms with Crippen molar-refractivity contribution in [2.75, 3.05) is 5.32 Å². The number of benzene rings is 2. The van der Waals surface area contributed by atoms with E-state index in [1.54, 1.807) is 12.1 Å². The summed E-state index contributed by atoms with van der Waals surface area (Å²) < 4.78 is 27.5. The number of nitrogens with one attached hydrogen (secondary N) is 1. The first-order chi connectivity index (χ1) is 9.11. The molecule has 0 saturated heterocycles. The monoisotopic (exact) mass is 296 g/mol. The van der Waals surface area contributed by atoms with Crippen molar-refractivity contribution >= 4 is 44.0 Å². The third kappa shape index (κ3) is 2.52. The first-order valence-corrected chi connectivity index (χ1v) is 6.59. The van der Waals surface area contributed by atoms with Gasteiger partial charge in [-0.05, 0) is 30.3 Å². The summed E-state index contributed by atoms with van der Waals surface area (Å²) in [6.07, 6.45) is 0. The van der Waals surface area contributed by atoms with E-state index in [2.05, 4.69) is 10.3 Å². The second kappa shape index (κ2) is 4.75. The van der Waals surface area contributed by atoms with Crippen LogP contribution in [0.15, 0.2) is 36.4 Å². The van der Waals surface area contributed by atoms with E-state index in [1.807, 2.05) is 6.07 Å². The standard InChI is InChI=1S/C13H7ClF2N2S/c14-7-1-4-12-11(5-7)18-13(19-12)17-10-6-8(15)2-3-9(10)16/h1-6H,(H,17,18). The Morgan fingerprint density at radius 3 is 2.79 bits per heavy atom. The summed E-state index contributed by atoms with van der Waals surface area (Å²) in [7, 11) is 0. The minimum atomic E-state index is -0.529. The highest BCUT2D eigenvalue weighted by Crippen LogP contribution is 2.30. The summed E-state index contributed by atoms with van der Waals surface area (Å²) in [6, 6.07) is 8.55. The third-order valence-corrected chi connectivity index (χ3v) is 3.71. The van der Waals surface area contributed by atoms with Crippen molar-refractivity contribution in [1.29, 1.82) is 0 Å². The van der Waals surface area contributed by atoms with Gasteiger partial charge in [-0.1, -0.05) is 22.9 Å². The molecule has 19 heavy (non-hydrogen) atoms. The Balaban J connectivity index is 1.98. The second-order valence-electron chi connectivity index (χ2n) is 3.88. The topological polar surface area (TPSA) is 24.9 Å². The Morgan fingerprint density at radius 1 is 1.11 bits per heavy atom. The molecular formula is C13H7ClF2N2S. The van der Waals surface area contributed by atoms with Crippen LogP contribution in [0.5, 0.6) is 0 Å². The number of anilines is 2. The van der Waals surface area contributed by atoms with Crippen molar-refractivity contribution in [3.05, 3.63) is 53.1 Å². The van der Waals surface area contributed by atoms with Crippen LogP contribution in [0.1, 0.15) is 0 Å². The minimum absolute atomic E-state index is 0.0603. The number of thiazole rings is 1. The maximum Gasteiger partial charge on any atom is 0.188 e. The zero-order valence-corrected chi connectivity index (χ0v) is 11.0. The van der Waals surface area contributed by atoms with E-state index in [-0.39, 0.29) is 5.69 Å². The Hall–Kier alpha value is -1.72.